The van der Waals surface area contributed by atoms with E-state index in [0.717, 1.165) is 42.0 Å². The van der Waals surface area contributed by atoms with Crippen molar-refractivity contribution in [2.24, 2.45) is 0 Å². The fourth-order valence-electron chi connectivity index (χ4n) is 4.13. The van der Waals surface area contributed by atoms with Crippen molar-refractivity contribution in [3.05, 3.63) is 70.7 Å². The Morgan fingerprint density at radius 3 is 2.58 bits per heavy atom. The van der Waals surface area contributed by atoms with Crippen LogP contribution in [0.3, 0.4) is 0 Å². The van der Waals surface area contributed by atoms with Gasteiger partial charge in [-0.15, -0.1) is 0 Å². The van der Waals surface area contributed by atoms with Gasteiger partial charge in [-0.1, -0.05) is 13.0 Å². The van der Waals surface area contributed by atoms with Gasteiger partial charge in [-0.2, -0.15) is 5.10 Å². The maximum absolute atomic E-state index is 13.6. The second-order valence-electron chi connectivity index (χ2n) is 8.01. The molecule has 0 spiro atoms. The van der Waals surface area contributed by atoms with Crippen LogP contribution in [0.1, 0.15) is 29.3 Å². The normalized spacial score (nSPS) is 13.6. The molecule has 31 heavy (non-hydrogen) atoms. The summed E-state index contributed by atoms with van der Waals surface area (Å²) in [6.07, 6.45) is 2.43. The topological polar surface area (TPSA) is 47.4 Å². The lowest BCUT2D eigenvalue weighted by molar-refractivity contribution is -0.132. The number of halogens is 1. The van der Waals surface area contributed by atoms with Crippen molar-refractivity contribution in [2.45, 2.75) is 39.7 Å². The Hall–Kier alpha value is -3.15. The van der Waals surface area contributed by atoms with Gasteiger partial charge in [0.15, 0.2) is 0 Å². The molecule has 4 rings (SSSR count). The molecule has 0 radical (unpaired) electrons. The third-order valence-corrected chi connectivity index (χ3v) is 6.03. The zero-order valence-electron chi connectivity index (χ0n) is 18.3. The first-order valence-electron chi connectivity index (χ1n) is 10.7. The second kappa shape index (κ2) is 8.92. The van der Waals surface area contributed by atoms with Crippen LogP contribution in [0.5, 0.6) is 5.75 Å². The number of methoxy groups -OCH3 is 1. The van der Waals surface area contributed by atoms with E-state index in [-0.39, 0.29) is 18.3 Å². The van der Waals surface area contributed by atoms with Gasteiger partial charge in [-0.3, -0.25) is 9.48 Å². The van der Waals surface area contributed by atoms with Gasteiger partial charge in [-0.25, -0.2) is 4.39 Å². The number of fused-ring (bicyclic) bond motifs is 1. The Morgan fingerprint density at radius 2 is 1.87 bits per heavy atom. The molecular weight excluding hydrogens is 393 g/mol. The molecule has 1 amide bonds. The number of hydrogen-bond donors (Lipinski definition) is 0. The number of hydrogen-bond acceptors (Lipinski definition) is 3. The standard InChI is InChI=1S/C25H28FN3O2/c1-4-21-15-24(20-6-8-23(26)17(2)13-20)27-29(21)16-25(30)28-11-9-18-5-7-22(31-3)14-19(18)10-12-28/h5-8,13-15H,4,9-12,16H2,1-3H3. The number of rotatable bonds is 5. The monoisotopic (exact) mass is 421 g/mol. The molecule has 0 bridgehead atoms. The number of ether oxygens (including phenoxy) is 1. The third-order valence-electron chi connectivity index (χ3n) is 6.03. The number of carbonyl (C=O) groups excluding carboxylic acids is 1. The number of nitrogens with zero attached hydrogens (tertiary/aromatic N) is 3. The molecule has 5 nitrogen and oxygen atoms in total. The highest BCUT2D eigenvalue weighted by molar-refractivity contribution is 5.76. The minimum absolute atomic E-state index is 0.0689. The Balaban J connectivity index is 1.49. The van der Waals surface area contributed by atoms with Crippen LogP contribution in [0.4, 0.5) is 4.39 Å². The van der Waals surface area contributed by atoms with E-state index in [0.29, 0.717) is 18.7 Å². The highest BCUT2D eigenvalue weighted by atomic mass is 19.1. The highest BCUT2D eigenvalue weighted by Crippen LogP contribution is 2.24. The van der Waals surface area contributed by atoms with Gasteiger partial charge >= 0.3 is 0 Å². The Morgan fingerprint density at radius 1 is 1.10 bits per heavy atom. The minimum Gasteiger partial charge on any atom is -0.497 e. The molecule has 2 heterocycles. The zero-order valence-corrected chi connectivity index (χ0v) is 18.3. The molecule has 0 atom stereocenters. The summed E-state index contributed by atoms with van der Waals surface area (Å²) in [5.41, 5.74) is 5.73. The molecule has 0 N–H and O–H groups in total. The quantitative estimate of drug-likeness (QED) is 0.621. The lowest BCUT2D eigenvalue weighted by Gasteiger charge is -2.20. The summed E-state index contributed by atoms with van der Waals surface area (Å²) in [5.74, 6) is 0.694. The van der Waals surface area contributed by atoms with Gasteiger partial charge in [0, 0.05) is 24.3 Å². The minimum atomic E-state index is -0.228. The van der Waals surface area contributed by atoms with Crippen LogP contribution in [0.2, 0.25) is 0 Å². The van der Waals surface area contributed by atoms with Crippen molar-refractivity contribution in [1.29, 1.82) is 0 Å². The van der Waals surface area contributed by atoms with E-state index in [4.69, 9.17) is 4.74 Å². The first-order chi connectivity index (χ1) is 15.0. The predicted molar refractivity (Wildman–Crippen MR) is 119 cm³/mol. The molecule has 2 aromatic carbocycles. The van der Waals surface area contributed by atoms with E-state index in [1.54, 1.807) is 30.8 Å². The van der Waals surface area contributed by atoms with Crippen LogP contribution in [0.15, 0.2) is 42.5 Å². The predicted octanol–water partition coefficient (Wildman–Crippen LogP) is 4.20. The summed E-state index contributed by atoms with van der Waals surface area (Å²) in [7, 11) is 1.67. The maximum atomic E-state index is 13.6. The Bertz CT molecular complexity index is 1110. The van der Waals surface area contributed by atoms with E-state index in [2.05, 4.69) is 17.2 Å². The molecule has 0 saturated heterocycles. The van der Waals surface area contributed by atoms with E-state index in [9.17, 15) is 9.18 Å². The number of amides is 1. The molecule has 0 fully saturated rings. The molecule has 1 aromatic heterocycles. The fraction of sp³-hybridized carbons (Fsp3) is 0.360. The zero-order chi connectivity index (χ0) is 22.0. The first-order valence-corrected chi connectivity index (χ1v) is 10.7. The summed E-state index contributed by atoms with van der Waals surface area (Å²) in [6, 6.07) is 13.1. The number of aryl methyl sites for hydroxylation is 2. The molecule has 0 saturated carbocycles. The van der Waals surface area contributed by atoms with Crippen LogP contribution in [-0.2, 0) is 30.6 Å². The van der Waals surface area contributed by atoms with Crippen LogP contribution in [0.25, 0.3) is 11.3 Å². The van der Waals surface area contributed by atoms with Gasteiger partial charge in [0.25, 0.3) is 0 Å². The highest BCUT2D eigenvalue weighted by Gasteiger charge is 2.21. The van der Waals surface area contributed by atoms with Gasteiger partial charge in [-0.05, 0) is 79.3 Å². The van der Waals surface area contributed by atoms with Crippen LogP contribution in [-0.4, -0.2) is 40.8 Å². The first kappa shape index (κ1) is 21.1. The molecule has 1 aliphatic heterocycles. The Labute approximate surface area is 182 Å². The molecule has 162 valence electrons. The van der Waals surface area contributed by atoms with Crippen LogP contribution in [0, 0.1) is 12.7 Å². The van der Waals surface area contributed by atoms with Crippen molar-refractivity contribution in [3.8, 4) is 17.0 Å². The fourth-order valence-corrected chi connectivity index (χ4v) is 4.13. The molecular formula is C25H28FN3O2. The van der Waals surface area contributed by atoms with Crippen molar-refractivity contribution < 1.29 is 13.9 Å². The third kappa shape index (κ3) is 4.48. The maximum Gasteiger partial charge on any atom is 0.244 e. The number of carbonyl (C=O) groups is 1. The van der Waals surface area contributed by atoms with E-state index in [1.165, 1.54) is 17.2 Å². The molecule has 3 aromatic rings. The van der Waals surface area contributed by atoms with Crippen molar-refractivity contribution in [3.63, 3.8) is 0 Å². The molecule has 6 heteroatoms. The smallest absolute Gasteiger partial charge is 0.244 e. The molecule has 1 aliphatic rings. The van der Waals surface area contributed by atoms with Gasteiger partial charge < -0.3 is 9.64 Å². The van der Waals surface area contributed by atoms with Crippen molar-refractivity contribution >= 4 is 5.91 Å². The second-order valence-corrected chi connectivity index (χ2v) is 8.01. The van der Waals surface area contributed by atoms with Crippen molar-refractivity contribution in [2.75, 3.05) is 20.2 Å². The lowest BCUT2D eigenvalue weighted by atomic mass is 10.0. The van der Waals surface area contributed by atoms with Crippen LogP contribution >= 0.6 is 0 Å². The van der Waals surface area contributed by atoms with Crippen LogP contribution < -0.4 is 4.74 Å². The summed E-state index contributed by atoms with van der Waals surface area (Å²) >= 11 is 0. The average Bonchev–Trinajstić information content (AvgIpc) is 3.05. The molecule has 0 unspecified atom stereocenters. The average molecular weight is 422 g/mol. The Kier molecular flexibility index (Phi) is 6.07. The van der Waals surface area contributed by atoms with Gasteiger partial charge in [0.1, 0.15) is 18.1 Å². The van der Waals surface area contributed by atoms with E-state index in [1.807, 2.05) is 24.0 Å². The summed E-state index contributed by atoms with van der Waals surface area (Å²) in [5, 5.41) is 4.67. The largest absolute Gasteiger partial charge is 0.497 e. The number of benzene rings is 2. The number of aromatic nitrogens is 2. The summed E-state index contributed by atoms with van der Waals surface area (Å²) in [6.45, 7) is 5.39. The lowest BCUT2D eigenvalue weighted by Crippen LogP contribution is -2.36. The van der Waals surface area contributed by atoms with E-state index >= 15 is 0 Å². The van der Waals surface area contributed by atoms with Gasteiger partial charge in [0.05, 0.1) is 12.8 Å². The SMILES string of the molecule is CCc1cc(-c2ccc(F)c(C)c2)nn1CC(=O)N1CCc2ccc(OC)cc2CC1. The van der Waals surface area contributed by atoms with Crippen molar-refractivity contribution in [1.82, 2.24) is 14.7 Å². The van der Waals surface area contributed by atoms with E-state index < -0.39 is 0 Å². The molecule has 0 aliphatic carbocycles. The van der Waals surface area contributed by atoms with Gasteiger partial charge in [0.2, 0.25) is 5.91 Å². The summed E-state index contributed by atoms with van der Waals surface area (Å²) in [4.78, 5) is 15.0. The summed E-state index contributed by atoms with van der Waals surface area (Å²) < 4.78 is 20.8.